The molecule has 0 aliphatic rings. The molecule has 2 aromatic carbocycles. The maximum absolute atomic E-state index is 13.3. The van der Waals surface area contributed by atoms with Gasteiger partial charge in [0.15, 0.2) is 17.3 Å². The number of carbonyl (C=O) groups is 1. The van der Waals surface area contributed by atoms with Crippen LogP contribution < -0.4 is 23.8 Å². The molecular weight excluding hydrogens is 362 g/mol. The lowest BCUT2D eigenvalue weighted by atomic mass is 10.1. The highest BCUT2D eigenvalue weighted by Gasteiger charge is 2.26. The van der Waals surface area contributed by atoms with E-state index in [4.69, 9.17) is 23.4 Å². The van der Waals surface area contributed by atoms with Crippen LogP contribution in [0.15, 0.2) is 34.7 Å². The van der Waals surface area contributed by atoms with E-state index in [1.807, 2.05) is 25.1 Å². The van der Waals surface area contributed by atoms with Gasteiger partial charge in [0, 0.05) is 25.0 Å². The number of ketones is 1. The fraction of sp³-hybridized carbons (Fsp3) is 0.286. The molecule has 0 radical (unpaired) electrons. The van der Waals surface area contributed by atoms with Gasteiger partial charge in [0.25, 0.3) is 0 Å². The first-order valence-electron chi connectivity index (χ1n) is 8.57. The zero-order chi connectivity index (χ0) is 20.4. The van der Waals surface area contributed by atoms with E-state index in [0.29, 0.717) is 39.8 Å². The number of anilines is 1. The summed E-state index contributed by atoms with van der Waals surface area (Å²) in [4.78, 5) is 15.2. The summed E-state index contributed by atoms with van der Waals surface area (Å²) in [6, 6.07) is 8.64. The molecule has 0 fully saturated rings. The molecule has 0 atom stereocenters. The monoisotopic (exact) mass is 385 g/mol. The Labute approximate surface area is 163 Å². The number of hydrogen-bond acceptors (Lipinski definition) is 7. The summed E-state index contributed by atoms with van der Waals surface area (Å²) in [5, 5.41) is 0.792. The van der Waals surface area contributed by atoms with Crippen LogP contribution in [0.1, 0.15) is 16.1 Å². The van der Waals surface area contributed by atoms with Gasteiger partial charge < -0.3 is 28.3 Å². The first-order chi connectivity index (χ1) is 13.4. The number of furan rings is 1. The van der Waals surface area contributed by atoms with Crippen molar-refractivity contribution in [3.05, 3.63) is 41.7 Å². The summed E-state index contributed by atoms with van der Waals surface area (Å²) in [7, 11) is 9.83. The minimum Gasteiger partial charge on any atom is -0.497 e. The Morgan fingerprint density at radius 1 is 0.893 bits per heavy atom. The Morgan fingerprint density at radius 2 is 1.54 bits per heavy atom. The lowest BCUT2D eigenvalue weighted by Gasteiger charge is -2.15. The van der Waals surface area contributed by atoms with E-state index in [-0.39, 0.29) is 11.5 Å². The molecular formula is C21H23NO6. The van der Waals surface area contributed by atoms with E-state index in [1.54, 1.807) is 31.4 Å². The number of methoxy groups -OCH3 is 4. The number of ether oxygens (including phenoxy) is 4. The maximum atomic E-state index is 13.3. The molecule has 0 spiro atoms. The molecule has 3 aromatic rings. The van der Waals surface area contributed by atoms with Crippen LogP contribution in [0.5, 0.6) is 23.0 Å². The summed E-state index contributed by atoms with van der Waals surface area (Å²) < 4.78 is 27.3. The van der Waals surface area contributed by atoms with Gasteiger partial charge in [0.1, 0.15) is 11.3 Å². The second-order valence-corrected chi connectivity index (χ2v) is 6.28. The average molecular weight is 385 g/mol. The molecule has 0 unspecified atom stereocenters. The molecule has 0 saturated carbocycles. The van der Waals surface area contributed by atoms with Crippen molar-refractivity contribution in [3.8, 4) is 23.0 Å². The molecule has 28 heavy (non-hydrogen) atoms. The largest absolute Gasteiger partial charge is 0.497 e. The van der Waals surface area contributed by atoms with Crippen LogP contribution in [0.4, 0.5) is 5.69 Å². The number of nitrogens with zero attached hydrogens (tertiary/aromatic N) is 1. The second kappa shape index (κ2) is 7.72. The Morgan fingerprint density at radius 3 is 2.04 bits per heavy atom. The Hall–Kier alpha value is -3.35. The quantitative estimate of drug-likeness (QED) is 0.574. The Bertz CT molecular complexity index is 996. The minimum absolute atomic E-state index is 0.225. The van der Waals surface area contributed by atoms with E-state index < -0.39 is 0 Å². The fourth-order valence-electron chi connectivity index (χ4n) is 3.13. The highest BCUT2D eigenvalue weighted by atomic mass is 16.5. The lowest BCUT2D eigenvalue weighted by Crippen LogP contribution is -2.13. The van der Waals surface area contributed by atoms with Gasteiger partial charge in [-0.2, -0.15) is 0 Å². The predicted octanol–water partition coefficient (Wildman–Crippen LogP) is 3.76. The Balaban J connectivity index is 2.20. The first-order valence-corrected chi connectivity index (χ1v) is 8.57. The third-order valence-electron chi connectivity index (χ3n) is 4.45. The molecule has 0 aliphatic heterocycles. The van der Waals surface area contributed by atoms with Crippen LogP contribution in [-0.2, 0) is 0 Å². The molecule has 1 aromatic heterocycles. The zero-order valence-corrected chi connectivity index (χ0v) is 16.8. The van der Waals surface area contributed by atoms with Gasteiger partial charge in [-0.25, -0.2) is 0 Å². The molecule has 0 amide bonds. The summed E-state index contributed by atoms with van der Waals surface area (Å²) in [5.41, 5.74) is 1.64. The van der Waals surface area contributed by atoms with Crippen LogP contribution in [0.25, 0.3) is 11.0 Å². The van der Waals surface area contributed by atoms with Crippen LogP contribution >= 0.6 is 0 Å². The third kappa shape index (κ3) is 3.19. The summed E-state index contributed by atoms with van der Waals surface area (Å²) >= 11 is 0. The second-order valence-electron chi connectivity index (χ2n) is 6.28. The van der Waals surface area contributed by atoms with Crippen molar-refractivity contribution in [2.45, 2.75) is 0 Å². The molecule has 0 aliphatic carbocycles. The highest BCUT2D eigenvalue weighted by Crippen LogP contribution is 2.41. The number of hydrogen-bond donors (Lipinski definition) is 0. The molecule has 7 nitrogen and oxygen atoms in total. The number of rotatable bonds is 7. The number of fused-ring (bicyclic) bond motifs is 1. The topological polar surface area (TPSA) is 70.4 Å². The SMILES string of the molecule is COc1ccc2oc(C(=O)c3cc(OC)c(OC)c(OC)c3)c(N(C)C)c2c1. The van der Waals surface area contributed by atoms with Crippen molar-refractivity contribution in [2.24, 2.45) is 0 Å². The predicted molar refractivity (Wildman–Crippen MR) is 107 cm³/mol. The van der Waals surface area contributed by atoms with E-state index in [1.165, 1.54) is 21.3 Å². The van der Waals surface area contributed by atoms with Gasteiger partial charge in [-0.3, -0.25) is 4.79 Å². The smallest absolute Gasteiger partial charge is 0.230 e. The third-order valence-corrected chi connectivity index (χ3v) is 4.45. The molecule has 0 bridgehead atoms. The van der Waals surface area contributed by atoms with Gasteiger partial charge in [-0.1, -0.05) is 0 Å². The van der Waals surface area contributed by atoms with Crippen molar-refractivity contribution >= 4 is 22.4 Å². The highest BCUT2D eigenvalue weighted by molar-refractivity contribution is 6.15. The van der Waals surface area contributed by atoms with E-state index in [9.17, 15) is 4.79 Å². The summed E-state index contributed by atoms with van der Waals surface area (Å²) in [6.07, 6.45) is 0. The van der Waals surface area contributed by atoms with Crippen molar-refractivity contribution in [1.82, 2.24) is 0 Å². The molecule has 148 valence electrons. The molecule has 7 heteroatoms. The maximum Gasteiger partial charge on any atom is 0.230 e. The summed E-state index contributed by atoms with van der Waals surface area (Å²) in [5.74, 6) is 1.83. The average Bonchev–Trinajstić information content (AvgIpc) is 3.10. The molecule has 1 heterocycles. The van der Waals surface area contributed by atoms with Gasteiger partial charge in [0.2, 0.25) is 11.5 Å². The summed E-state index contributed by atoms with van der Waals surface area (Å²) in [6.45, 7) is 0. The fourth-order valence-corrected chi connectivity index (χ4v) is 3.13. The van der Waals surface area contributed by atoms with Crippen LogP contribution in [0, 0.1) is 0 Å². The van der Waals surface area contributed by atoms with Crippen molar-refractivity contribution in [2.75, 3.05) is 47.4 Å². The molecule has 0 N–H and O–H groups in total. The van der Waals surface area contributed by atoms with Crippen molar-refractivity contribution in [3.63, 3.8) is 0 Å². The van der Waals surface area contributed by atoms with Gasteiger partial charge in [-0.05, 0) is 30.3 Å². The zero-order valence-electron chi connectivity index (χ0n) is 16.8. The van der Waals surface area contributed by atoms with Crippen molar-refractivity contribution < 1.29 is 28.2 Å². The van der Waals surface area contributed by atoms with E-state index in [0.717, 1.165) is 5.39 Å². The minimum atomic E-state index is -0.293. The van der Waals surface area contributed by atoms with Crippen LogP contribution in [0.3, 0.4) is 0 Å². The van der Waals surface area contributed by atoms with Gasteiger partial charge in [0.05, 0.1) is 34.1 Å². The first kappa shape index (κ1) is 19.4. The van der Waals surface area contributed by atoms with Gasteiger partial charge >= 0.3 is 0 Å². The van der Waals surface area contributed by atoms with Gasteiger partial charge in [-0.15, -0.1) is 0 Å². The normalized spacial score (nSPS) is 10.6. The van der Waals surface area contributed by atoms with Crippen LogP contribution in [0.2, 0.25) is 0 Å². The van der Waals surface area contributed by atoms with E-state index in [2.05, 4.69) is 0 Å². The Kier molecular flexibility index (Phi) is 5.35. The van der Waals surface area contributed by atoms with E-state index >= 15 is 0 Å². The van der Waals surface area contributed by atoms with Crippen LogP contribution in [-0.4, -0.2) is 48.3 Å². The molecule has 0 saturated heterocycles. The molecule has 3 rings (SSSR count). The standard InChI is InChI=1S/C21H23NO6/c1-22(2)18-14-11-13(24-3)7-8-15(14)28-21(18)19(23)12-9-16(25-4)20(27-6)17(10-12)26-5/h7-11H,1-6H3. The number of carbonyl (C=O) groups excluding carboxylic acids is 1. The number of benzene rings is 2. The van der Waals surface area contributed by atoms with Crippen molar-refractivity contribution in [1.29, 1.82) is 0 Å². The lowest BCUT2D eigenvalue weighted by molar-refractivity contribution is 0.101.